The minimum atomic E-state index is -8.46. The van der Waals surface area contributed by atoms with Crippen molar-refractivity contribution in [1.82, 2.24) is 0 Å². The Hall–Kier alpha value is -2.37. The summed E-state index contributed by atoms with van der Waals surface area (Å²) in [5.41, 5.74) is -1.29. The van der Waals surface area contributed by atoms with Crippen molar-refractivity contribution < 1.29 is 85.3 Å². The zero-order chi connectivity index (χ0) is 26.4. The van der Waals surface area contributed by atoms with Gasteiger partial charge in [-0.2, -0.15) is 65.9 Å². The quantitative estimate of drug-likeness (QED) is 0.256. The first kappa shape index (κ1) is 29.6. The number of carboxylic acid groups (broad SMARTS) is 1. The minimum absolute atomic E-state index is 1.29. The van der Waals surface area contributed by atoms with Crippen LogP contribution in [0.1, 0.15) is 6.42 Å². The highest BCUT2D eigenvalue weighted by Crippen LogP contribution is 2.62. The van der Waals surface area contributed by atoms with Crippen LogP contribution in [-0.2, 0) is 14.3 Å². The summed E-state index contributed by atoms with van der Waals surface area (Å²) in [5.74, 6) is -52.0. The molecule has 0 aromatic heterocycles. The predicted octanol–water partition coefficient (Wildman–Crippen LogP) is 4.93. The second kappa shape index (κ2) is 8.20. The number of carbonyl (C=O) groups is 2. The van der Waals surface area contributed by atoms with E-state index in [-0.39, 0.29) is 0 Å². The normalized spacial score (nSPS) is 14.8. The molecule has 0 bridgehead atoms. The summed E-state index contributed by atoms with van der Waals surface area (Å²) in [4.78, 5) is 21.3. The standard InChI is InChI=1S/C13H7F15O4/c1-4(2-5(29)30)6(31)32-3-7(14,15)8(16,17)9(18,19)10(20,21)11(22,23)12(24,25)13(26,27)28/h1-3H2,(H,29,30). The van der Waals surface area contributed by atoms with Gasteiger partial charge in [0.25, 0.3) is 0 Å². The van der Waals surface area contributed by atoms with E-state index in [0.717, 1.165) is 0 Å². The number of halogens is 15. The molecule has 0 spiro atoms. The molecule has 0 heterocycles. The van der Waals surface area contributed by atoms with Crippen LogP contribution in [0, 0.1) is 0 Å². The smallest absolute Gasteiger partial charge is 0.460 e. The maximum atomic E-state index is 13.4. The lowest BCUT2D eigenvalue weighted by Crippen LogP contribution is -2.73. The van der Waals surface area contributed by atoms with E-state index < -0.39 is 72.3 Å². The molecule has 4 nitrogen and oxygen atoms in total. The SMILES string of the molecule is C=C(CC(=O)O)C(=O)OCC(F)(F)C(F)(F)C(F)(F)C(F)(F)C(F)(F)C(F)(F)C(F)(F)F. The molecule has 0 aliphatic rings. The van der Waals surface area contributed by atoms with Crippen LogP contribution < -0.4 is 0 Å². The molecule has 188 valence electrons. The highest BCUT2D eigenvalue weighted by molar-refractivity contribution is 5.92. The Morgan fingerprint density at radius 2 is 1.00 bits per heavy atom. The van der Waals surface area contributed by atoms with Crippen LogP contribution in [0.2, 0.25) is 0 Å². The number of esters is 1. The van der Waals surface area contributed by atoms with Crippen LogP contribution in [0.5, 0.6) is 0 Å². The topological polar surface area (TPSA) is 63.6 Å². The van der Waals surface area contributed by atoms with Crippen LogP contribution in [0.4, 0.5) is 65.9 Å². The van der Waals surface area contributed by atoms with Gasteiger partial charge in [-0.05, 0) is 0 Å². The van der Waals surface area contributed by atoms with Gasteiger partial charge < -0.3 is 9.84 Å². The molecule has 0 rings (SSSR count). The predicted molar refractivity (Wildman–Crippen MR) is 68.1 cm³/mol. The number of alkyl halides is 15. The van der Waals surface area contributed by atoms with Crippen molar-refractivity contribution in [3.05, 3.63) is 12.2 Å². The Bertz CT molecular complexity index is 753. The van der Waals surface area contributed by atoms with Crippen molar-refractivity contribution in [3.63, 3.8) is 0 Å². The van der Waals surface area contributed by atoms with Crippen molar-refractivity contribution in [2.45, 2.75) is 48.1 Å². The fourth-order valence-corrected chi connectivity index (χ4v) is 1.60. The summed E-state index contributed by atoms with van der Waals surface area (Å²) in [5, 5.41) is 8.25. The van der Waals surface area contributed by atoms with Crippen molar-refractivity contribution in [3.8, 4) is 0 Å². The van der Waals surface area contributed by atoms with E-state index in [1.54, 1.807) is 0 Å². The van der Waals surface area contributed by atoms with E-state index in [9.17, 15) is 75.4 Å². The fourth-order valence-electron chi connectivity index (χ4n) is 1.60. The maximum absolute atomic E-state index is 13.4. The number of hydrogen-bond donors (Lipinski definition) is 1. The summed E-state index contributed by atoms with van der Waals surface area (Å²) in [6.07, 6.45) is -9.11. The second-order valence-electron chi connectivity index (χ2n) is 5.82. The lowest BCUT2D eigenvalue weighted by atomic mass is 9.91. The molecule has 0 amide bonds. The summed E-state index contributed by atoms with van der Waals surface area (Å²) in [7, 11) is 0. The number of aliphatic carboxylic acids is 1. The van der Waals surface area contributed by atoms with Crippen molar-refractivity contribution >= 4 is 11.9 Å². The highest BCUT2D eigenvalue weighted by Gasteiger charge is 2.93. The van der Waals surface area contributed by atoms with E-state index in [0.29, 0.717) is 0 Å². The first-order valence-corrected chi connectivity index (χ1v) is 7.12. The summed E-state index contributed by atoms with van der Waals surface area (Å²) >= 11 is 0. The highest BCUT2D eigenvalue weighted by atomic mass is 19.4. The first-order valence-electron chi connectivity index (χ1n) is 7.12. The molecule has 0 aliphatic carbocycles. The molecule has 1 N–H and O–H groups in total. The molecule has 0 aromatic carbocycles. The molecule has 0 saturated carbocycles. The van der Waals surface area contributed by atoms with E-state index in [1.165, 1.54) is 0 Å². The average molecular weight is 512 g/mol. The van der Waals surface area contributed by atoms with E-state index in [1.807, 2.05) is 0 Å². The van der Waals surface area contributed by atoms with Crippen LogP contribution >= 0.6 is 0 Å². The molecule has 0 atom stereocenters. The monoisotopic (exact) mass is 512 g/mol. The van der Waals surface area contributed by atoms with Gasteiger partial charge in [0.15, 0.2) is 6.61 Å². The van der Waals surface area contributed by atoms with Crippen molar-refractivity contribution in [2.24, 2.45) is 0 Å². The molecular weight excluding hydrogens is 505 g/mol. The molecule has 0 fully saturated rings. The number of rotatable bonds is 10. The minimum Gasteiger partial charge on any atom is -0.481 e. The van der Waals surface area contributed by atoms with Crippen molar-refractivity contribution in [2.75, 3.05) is 6.61 Å². The maximum Gasteiger partial charge on any atom is 0.460 e. The summed E-state index contributed by atoms with van der Waals surface area (Å²) in [6.45, 7) is -0.774. The zero-order valence-electron chi connectivity index (χ0n) is 14.5. The lowest BCUT2D eigenvalue weighted by molar-refractivity contribution is -0.453. The number of carbonyl (C=O) groups excluding carboxylic acids is 1. The molecular formula is C13H7F15O4. The average Bonchev–Trinajstić information content (AvgIpc) is 2.57. The fraction of sp³-hybridized carbons (Fsp3) is 0.692. The third-order valence-electron chi connectivity index (χ3n) is 3.43. The van der Waals surface area contributed by atoms with Gasteiger partial charge in [0.2, 0.25) is 0 Å². The van der Waals surface area contributed by atoms with Crippen LogP contribution in [0.15, 0.2) is 12.2 Å². The Kier molecular flexibility index (Phi) is 7.59. The molecule has 0 saturated heterocycles. The van der Waals surface area contributed by atoms with Gasteiger partial charge in [-0.15, -0.1) is 0 Å². The molecule has 32 heavy (non-hydrogen) atoms. The zero-order valence-corrected chi connectivity index (χ0v) is 14.5. The third-order valence-corrected chi connectivity index (χ3v) is 3.43. The molecule has 0 aromatic rings. The van der Waals surface area contributed by atoms with E-state index >= 15 is 0 Å². The number of carboxylic acids is 1. The van der Waals surface area contributed by atoms with Gasteiger partial charge in [-0.25, -0.2) is 4.79 Å². The van der Waals surface area contributed by atoms with Gasteiger partial charge in [0.1, 0.15) is 0 Å². The van der Waals surface area contributed by atoms with Gasteiger partial charge in [-0.3, -0.25) is 4.79 Å². The summed E-state index contributed by atoms with van der Waals surface area (Å²) < 4.78 is 197. The number of hydrogen-bond acceptors (Lipinski definition) is 3. The lowest BCUT2D eigenvalue weighted by Gasteiger charge is -2.41. The first-order chi connectivity index (χ1) is 13.7. The van der Waals surface area contributed by atoms with Crippen LogP contribution in [0.25, 0.3) is 0 Å². The van der Waals surface area contributed by atoms with Gasteiger partial charge in [0, 0.05) is 5.57 Å². The largest absolute Gasteiger partial charge is 0.481 e. The Morgan fingerprint density at radius 3 is 1.34 bits per heavy atom. The molecule has 0 unspecified atom stereocenters. The Balaban J connectivity index is 6.13. The van der Waals surface area contributed by atoms with Crippen LogP contribution in [0.3, 0.4) is 0 Å². The number of ether oxygens (including phenoxy) is 1. The van der Waals surface area contributed by atoms with E-state index in [4.69, 9.17) is 5.11 Å². The summed E-state index contributed by atoms with van der Waals surface area (Å²) in [6, 6.07) is 0. The Labute approximate surface area is 165 Å². The molecule has 0 aliphatic heterocycles. The second-order valence-corrected chi connectivity index (χ2v) is 5.82. The van der Waals surface area contributed by atoms with Gasteiger partial charge >= 0.3 is 53.7 Å². The Morgan fingerprint density at radius 1 is 0.656 bits per heavy atom. The van der Waals surface area contributed by atoms with Crippen LogP contribution in [-0.4, -0.2) is 65.4 Å². The molecule has 0 radical (unpaired) electrons. The van der Waals surface area contributed by atoms with E-state index in [2.05, 4.69) is 11.3 Å². The van der Waals surface area contributed by atoms with Crippen molar-refractivity contribution in [1.29, 1.82) is 0 Å². The third kappa shape index (κ3) is 4.55. The molecule has 19 heteroatoms. The van der Waals surface area contributed by atoms with Gasteiger partial charge in [0.05, 0.1) is 6.42 Å². The van der Waals surface area contributed by atoms with Gasteiger partial charge in [-0.1, -0.05) is 6.58 Å².